The van der Waals surface area contributed by atoms with Crippen molar-refractivity contribution in [2.75, 3.05) is 6.73 Å². The minimum absolute atomic E-state index is 0.195. The number of carbonyl (C=O) groups excluding carboxylic acids is 2. The predicted octanol–water partition coefficient (Wildman–Crippen LogP) is -0.113. The summed E-state index contributed by atoms with van der Waals surface area (Å²) in [4.78, 5) is 22.3. The molecule has 0 saturated carbocycles. The van der Waals surface area contributed by atoms with Crippen molar-refractivity contribution in [1.82, 2.24) is 4.90 Å². The predicted molar refractivity (Wildman–Crippen MR) is 39.4 cm³/mol. The van der Waals surface area contributed by atoms with Gasteiger partial charge in [-0.25, -0.2) is 0 Å². The van der Waals surface area contributed by atoms with Gasteiger partial charge in [0.1, 0.15) is 6.73 Å². The summed E-state index contributed by atoms with van der Waals surface area (Å²) < 4.78 is 0. The molecule has 0 saturated heterocycles. The van der Waals surface area contributed by atoms with E-state index in [0.29, 0.717) is 0 Å². The fraction of sp³-hybridized carbons (Fsp3) is 0.429. The Morgan fingerprint density at radius 1 is 1.64 bits per heavy atom. The van der Waals surface area contributed by atoms with Crippen LogP contribution >= 0.6 is 0 Å². The summed E-state index contributed by atoms with van der Waals surface area (Å²) in [6.07, 6.45) is 1.18. The van der Waals surface area contributed by atoms with Crippen molar-refractivity contribution in [1.29, 1.82) is 0 Å². The van der Waals surface area contributed by atoms with Gasteiger partial charge < -0.3 is 5.11 Å². The summed E-state index contributed by atoms with van der Waals surface area (Å²) in [6.45, 7) is 4.22. The van der Waals surface area contributed by atoms with Gasteiger partial charge in [0, 0.05) is 6.42 Å². The van der Waals surface area contributed by atoms with Crippen molar-refractivity contribution in [3.63, 3.8) is 0 Å². The van der Waals surface area contributed by atoms with E-state index in [9.17, 15) is 9.59 Å². The molecule has 0 bridgehead atoms. The number of aliphatic hydroxyl groups excluding tert-OH is 1. The monoisotopic (exact) mass is 157 g/mol. The van der Waals surface area contributed by atoms with Crippen LogP contribution in [-0.4, -0.2) is 28.6 Å². The zero-order valence-electron chi connectivity index (χ0n) is 6.41. The number of hydrogen-bond donors (Lipinski definition) is 1. The molecule has 2 amide bonds. The van der Waals surface area contributed by atoms with Gasteiger partial charge in [-0.3, -0.25) is 14.5 Å². The lowest BCUT2D eigenvalue weighted by Gasteiger charge is -2.14. The molecule has 11 heavy (non-hydrogen) atoms. The van der Waals surface area contributed by atoms with Crippen molar-refractivity contribution >= 4 is 11.8 Å². The first-order valence-electron chi connectivity index (χ1n) is 3.25. The molecule has 0 aromatic carbocycles. The van der Waals surface area contributed by atoms with Crippen LogP contribution in [0.25, 0.3) is 0 Å². The molecular weight excluding hydrogens is 146 g/mol. The van der Waals surface area contributed by atoms with Gasteiger partial charge in [0.2, 0.25) is 5.91 Å². The summed E-state index contributed by atoms with van der Waals surface area (Å²) in [5.74, 6) is -0.975. The Labute approximate surface area is 65.1 Å². The molecule has 4 heteroatoms. The molecule has 0 atom stereocenters. The molecule has 0 aliphatic carbocycles. The molecule has 1 N–H and O–H groups in total. The Morgan fingerprint density at radius 3 is 2.45 bits per heavy atom. The first kappa shape index (κ1) is 9.84. The van der Waals surface area contributed by atoms with Crippen LogP contribution in [0.3, 0.4) is 0 Å². The molecule has 0 aliphatic rings. The molecule has 0 aromatic heterocycles. The van der Waals surface area contributed by atoms with E-state index in [1.165, 1.54) is 0 Å². The van der Waals surface area contributed by atoms with Crippen LogP contribution in [0.1, 0.15) is 13.3 Å². The number of aliphatic hydroxyl groups is 1. The maximum Gasteiger partial charge on any atom is 0.254 e. The summed E-state index contributed by atoms with van der Waals surface area (Å²) in [5.41, 5.74) is 0. The zero-order valence-corrected chi connectivity index (χ0v) is 6.41. The second kappa shape index (κ2) is 4.62. The van der Waals surface area contributed by atoms with Crippen molar-refractivity contribution in [3.05, 3.63) is 12.7 Å². The fourth-order valence-electron chi connectivity index (χ4n) is 0.573. The third-order valence-electron chi connectivity index (χ3n) is 1.19. The van der Waals surface area contributed by atoms with Crippen LogP contribution in [0.5, 0.6) is 0 Å². The van der Waals surface area contributed by atoms with Crippen LogP contribution < -0.4 is 0 Å². The molecule has 0 aliphatic heterocycles. The quantitative estimate of drug-likeness (QED) is 0.459. The standard InChI is InChI=1S/C7H11NO3/c1-3-6(10)8(5-9)7(11)4-2/h3,9H,1,4-5H2,2H3. The largest absolute Gasteiger partial charge is 0.376 e. The van der Waals surface area contributed by atoms with Gasteiger partial charge in [0.25, 0.3) is 5.91 Å². The van der Waals surface area contributed by atoms with Gasteiger partial charge in [-0.1, -0.05) is 13.5 Å². The van der Waals surface area contributed by atoms with Gasteiger partial charge in [-0.2, -0.15) is 0 Å². The molecule has 62 valence electrons. The van der Waals surface area contributed by atoms with E-state index in [1.807, 2.05) is 0 Å². The topological polar surface area (TPSA) is 57.6 Å². The van der Waals surface area contributed by atoms with Crippen LogP contribution in [0.15, 0.2) is 12.7 Å². The fourth-order valence-corrected chi connectivity index (χ4v) is 0.573. The molecular formula is C7H11NO3. The van der Waals surface area contributed by atoms with Gasteiger partial charge in [-0.05, 0) is 6.08 Å². The first-order chi connectivity index (χ1) is 5.17. The van der Waals surface area contributed by atoms with E-state index in [0.717, 1.165) is 11.0 Å². The average Bonchev–Trinajstić information content (AvgIpc) is 2.05. The van der Waals surface area contributed by atoms with E-state index in [1.54, 1.807) is 6.92 Å². The molecule has 4 nitrogen and oxygen atoms in total. The lowest BCUT2D eigenvalue weighted by atomic mass is 10.4. The minimum atomic E-state index is -0.586. The van der Waals surface area contributed by atoms with Crippen molar-refractivity contribution in [2.45, 2.75) is 13.3 Å². The number of hydrogen-bond acceptors (Lipinski definition) is 3. The summed E-state index contributed by atoms with van der Waals surface area (Å²) in [6, 6.07) is 0. The van der Waals surface area contributed by atoms with E-state index in [-0.39, 0.29) is 6.42 Å². The molecule has 0 fully saturated rings. The number of rotatable bonds is 3. The molecule has 0 aromatic rings. The van der Waals surface area contributed by atoms with E-state index in [4.69, 9.17) is 5.11 Å². The van der Waals surface area contributed by atoms with Gasteiger partial charge in [0.05, 0.1) is 0 Å². The Balaban J connectivity index is 4.27. The second-order valence-corrected chi connectivity index (χ2v) is 1.86. The molecule has 0 heterocycles. The summed E-state index contributed by atoms with van der Waals surface area (Å²) >= 11 is 0. The van der Waals surface area contributed by atoms with Crippen molar-refractivity contribution in [3.8, 4) is 0 Å². The lowest BCUT2D eigenvalue weighted by molar-refractivity contribution is -0.145. The van der Waals surface area contributed by atoms with Crippen LogP contribution in [0.2, 0.25) is 0 Å². The summed E-state index contributed by atoms with van der Waals surface area (Å²) in [7, 11) is 0. The number of imide groups is 1. The maximum absolute atomic E-state index is 10.8. The highest BCUT2D eigenvalue weighted by molar-refractivity contribution is 6.00. The van der Waals surface area contributed by atoms with E-state index in [2.05, 4.69) is 6.58 Å². The Bertz CT molecular complexity index is 177. The SMILES string of the molecule is C=CC(=O)N(CO)C(=O)CC. The lowest BCUT2D eigenvalue weighted by Crippen LogP contribution is -2.35. The zero-order chi connectivity index (χ0) is 8.85. The molecule has 0 unspecified atom stereocenters. The highest BCUT2D eigenvalue weighted by atomic mass is 16.3. The highest BCUT2D eigenvalue weighted by Crippen LogP contribution is 1.93. The van der Waals surface area contributed by atoms with Crippen molar-refractivity contribution in [2.24, 2.45) is 0 Å². The molecule has 0 spiro atoms. The molecule has 0 radical (unpaired) electrons. The number of amides is 2. The first-order valence-corrected chi connectivity index (χ1v) is 3.25. The third-order valence-corrected chi connectivity index (χ3v) is 1.19. The number of carbonyl (C=O) groups is 2. The smallest absolute Gasteiger partial charge is 0.254 e. The summed E-state index contributed by atoms with van der Waals surface area (Å²) in [5, 5.41) is 8.57. The second-order valence-electron chi connectivity index (χ2n) is 1.86. The van der Waals surface area contributed by atoms with Gasteiger partial charge in [0.15, 0.2) is 0 Å². The highest BCUT2D eigenvalue weighted by Gasteiger charge is 2.14. The molecule has 0 rings (SSSR count). The normalized spacial score (nSPS) is 8.91. The Kier molecular flexibility index (Phi) is 4.14. The van der Waals surface area contributed by atoms with E-state index >= 15 is 0 Å². The van der Waals surface area contributed by atoms with E-state index < -0.39 is 18.5 Å². The van der Waals surface area contributed by atoms with Crippen molar-refractivity contribution < 1.29 is 14.7 Å². The van der Waals surface area contributed by atoms with Crippen LogP contribution in [0, 0.1) is 0 Å². The third kappa shape index (κ3) is 2.51. The van der Waals surface area contributed by atoms with Gasteiger partial charge >= 0.3 is 0 Å². The Morgan fingerprint density at radius 2 is 2.18 bits per heavy atom. The Hall–Kier alpha value is -1.16. The maximum atomic E-state index is 10.8. The van der Waals surface area contributed by atoms with Gasteiger partial charge in [-0.15, -0.1) is 0 Å². The minimum Gasteiger partial charge on any atom is -0.376 e. The average molecular weight is 157 g/mol. The van der Waals surface area contributed by atoms with Crippen LogP contribution in [-0.2, 0) is 9.59 Å². The number of nitrogens with zero attached hydrogens (tertiary/aromatic N) is 1. The van der Waals surface area contributed by atoms with Crippen LogP contribution in [0.4, 0.5) is 0 Å².